The Bertz CT molecular complexity index is 1380. The molecule has 4 N–H and O–H groups in total. The van der Waals surface area contributed by atoms with E-state index in [9.17, 15) is 28.8 Å². The molecule has 5 rings (SSSR count). The monoisotopic (exact) mass is 681 g/mol. The summed E-state index contributed by atoms with van der Waals surface area (Å²) in [4.78, 5) is 80.0. The minimum atomic E-state index is -1.12. The number of hydrogen-bond acceptors (Lipinski definition) is 9. The van der Waals surface area contributed by atoms with Crippen molar-refractivity contribution in [1.29, 1.82) is 0 Å². The first-order valence-electron chi connectivity index (χ1n) is 14.1. The Hall–Kier alpha value is -4.75. The van der Waals surface area contributed by atoms with Crippen LogP contribution in [0, 0.1) is 10.8 Å². The second kappa shape index (κ2) is 17.7. The number of carbonyl (C=O) groups excluding carboxylic acids is 6. The van der Waals surface area contributed by atoms with Gasteiger partial charge in [0.1, 0.15) is 0 Å². The molecule has 0 aromatic carbocycles. The number of amides is 8. The van der Waals surface area contributed by atoms with E-state index in [1.165, 1.54) is 0 Å². The molecular formula is C31H35N7O7Zn. The molecule has 0 atom stereocenters. The van der Waals surface area contributed by atoms with Crippen LogP contribution in [-0.4, -0.2) is 56.1 Å². The third-order valence-corrected chi connectivity index (χ3v) is 7.55. The van der Waals surface area contributed by atoms with Crippen molar-refractivity contribution in [3.05, 3.63) is 77.6 Å². The second-order valence-electron chi connectivity index (χ2n) is 9.77. The first-order valence-corrected chi connectivity index (χ1v) is 14.1. The maximum Gasteiger partial charge on any atom is 2.00 e. The van der Waals surface area contributed by atoms with Crippen LogP contribution >= 0.6 is 0 Å². The predicted octanol–water partition coefficient (Wildman–Crippen LogP) is 4.26. The van der Waals surface area contributed by atoms with E-state index in [0.29, 0.717) is 25.7 Å². The van der Waals surface area contributed by atoms with Gasteiger partial charge in [-0.1, -0.05) is 45.9 Å². The normalized spacial score (nSPS) is 15.8. The number of nitrogens with one attached hydrogen (secondary N) is 2. The Morgan fingerprint density at radius 3 is 1.20 bits per heavy atom. The fraction of sp³-hybridized carbons (Fsp3) is 0.323. The molecule has 3 aromatic rings. The number of nitrogens with zero attached hydrogens (tertiary/aromatic N) is 5. The number of hydrogen-bond donors (Lipinski definition) is 2. The quantitative estimate of drug-likeness (QED) is 0.279. The molecule has 8 amide bonds. The van der Waals surface area contributed by atoms with Crippen molar-refractivity contribution in [2.75, 3.05) is 0 Å². The van der Waals surface area contributed by atoms with Gasteiger partial charge in [-0.25, -0.2) is 4.98 Å². The SMILES string of the molecule is CCC1(CC)C(=O)[N-]C(=O)NC1=O.CCC1(CC)C(=O)[N-]C(=O)NC1=O.O.[Zn+2].c1ccc(-c2cccc(-c3ccccn3)n2)nc1. The molecule has 15 heteroatoms. The van der Waals surface area contributed by atoms with Crippen molar-refractivity contribution in [2.24, 2.45) is 10.8 Å². The molecule has 2 saturated heterocycles. The molecule has 0 bridgehead atoms. The maximum atomic E-state index is 11.4. The van der Waals surface area contributed by atoms with Crippen molar-refractivity contribution >= 4 is 35.7 Å². The molecule has 2 fully saturated rings. The summed E-state index contributed by atoms with van der Waals surface area (Å²) >= 11 is 0. The summed E-state index contributed by atoms with van der Waals surface area (Å²) in [5.74, 6) is -2.29. The topological polar surface area (TPSA) is 225 Å². The molecular weight excluding hydrogens is 648 g/mol. The van der Waals surface area contributed by atoms with Gasteiger partial charge in [0.2, 0.25) is 0 Å². The van der Waals surface area contributed by atoms with Gasteiger partial charge in [-0.05, 0) is 62.1 Å². The molecule has 2 aliphatic rings. The molecule has 0 saturated carbocycles. The van der Waals surface area contributed by atoms with E-state index >= 15 is 0 Å². The average Bonchev–Trinajstić information content (AvgIpc) is 3.03. The average molecular weight is 683 g/mol. The number of barbiturate groups is 2. The summed E-state index contributed by atoms with van der Waals surface area (Å²) in [5.41, 5.74) is 1.23. The van der Waals surface area contributed by atoms with Gasteiger partial charge in [0.05, 0.1) is 33.6 Å². The van der Waals surface area contributed by atoms with Gasteiger partial charge < -0.3 is 26.7 Å². The largest absolute Gasteiger partial charge is 2.00 e. The summed E-state index contributed by atoms with van der Waals surface area (Å²) < 4.78 is 0. The molecule has 46 heavy (non-hydrogen) atoms. The summed E-state index contributed by atoms with van der Waals surface area (Å²) in [6.45, 7) is 6.91. The Kier molecular flexibility index (Phi) is 15.1. The van der Waals surface area contributed by atoms with E-state index < -0.39 is 46.5 Å². The number of urea groups is 2. The molecule has 0 unspecified atom stereocenters. The fourth-order valence-corrected chi connectivity index (χ4v) is 4.58. The molecule has 0 aliphatic carbocycles. The van der Waals surface area contributed by atoms with Crippen molar-refractivity contribution in [3.63, 3.8) is 0 Å². The number of carbonyl (C=O) groups is 6. The Morgan fingerprint density at radius 2 is 0.913 bits per heavy atom. The van der Waals surface area contributed by atoms with Crippen LogP contribution in [-0.2, 0) is 38.7 Å². The Balaban J connectivity index is 0.000000345. The van der Waals surface area contributed by atoms with Crippen LogP contribution < -0.4 is 10.6 Å². The first kappa shape index (κ1) is 39.3. The van der Waals surface area contributed by atoms with E-state index in [2.05, 4.69) is 25.6 Å². The van der Waals surface area contributed by atoms with Gasteiger partial charge in [0, 0.05) is 12.4 Å². The van der Waals surface area contributed by atoms with Gasteiger partial charge in [-0.3, -0.25) is 38.7 Å². The van der Waals surface area contributed by atoms with Gasteiger partial charge in [-0.2, -0.15) is 0 Å². The van der Waals surface area contributed by atoms with E-state index in [0.717, 1.165) is 22.8 Å². The van der Waals surface area contributed by atoms with Crippen LogP contribution in [0.3, 0.4) is 0 Å². The van der Waals surface area contributed by atoms with Crippen LogP contribution in [0.4, 0.5) is 9.59 Å². The smallest absolute Gasteiger partial charge is 0.412 e. The number of pyridine rings is 3. The van der Waals surface area contributed by atoms with Crippen molar-refractivity contribution in [2.45, 2.75) is 53.4 Å². The molecule has 5 heterocycles. The van der Waals surface area contributed by atoms with Crippen LogP contribution in [0.1, 0.15) is 53.4 Å². The summed E-state index contributed by atoms with van der Waals surface area (Å²) in [6, 6.07) is 15.8. The van der Waals surface area contributed by atoms with Crippen LogP contribution in [0.2, 0.25) is 0 Å². The van der Waals surface area contributed by atoms with Gasteiger partial charge in [0.25, 0.3) is 0 Å². The minimum Gasteiger partial charge on any atom is -0.412 e. The second-order valence-corrected chi connectivity index (χ2v) is 9.77. The zero-order valence-corrected chi connectivity index (χ0v) is 29.0. The van der Waals surface area contributed by atoms with E-state index in [-0.39, 0.29) is 25.0 Å². The number of imide groups is 4. The van der Waals surface area contributed by atoms with Gasteiger partial charge in [-0.15, -0.1) is 0 Å². The zero-order valence-electron chi connectivity index (χ0n) is 26.1. The van der Waals surface area contributed by atoms with Crippen LogP contribution in [0.15, 0.2) is 67.0 Å². The maximum absolute atomic E-state index is 11.4. The van der Waals surface area contributed by atoms with Crippen molar-refractivity contribution < 1.29 is 53.7 Å². The van der Waals surface area contributed by atoms with Crippen molar-refractivity contribution in [1.82, 2.24) is 25.6 Å². The van der Waals surface area contributed by atoms with Gasteiger partial charge in [0.15, 0.2) is 35.7 Å². The van der Waals surface area contributed by atoms with E-state index in [1.54, 1.807) is 40.1 Å². The standard InChI is InChI=1S/C15H11N3.2C8H12N2O3.H2O.Zn/c1-3-10-16-12(6-1)14-8-5-9-15(18-14)13-7-2-4-11-17-13;2*1-3-8(4-2)5(11)9-7(13)10-6(8)12;;/h1-11H;2*3-4H2,1-2H3,(H2,9,10,11,12,13);1H2;/q;;;;+2/p-2. The molecule has 238 valence electrons. The molecule has 2 aliphatic heterocycles. The summed E-state index contributed by atoms with van der Waals surface area (Å²) in [5, 5.41) is 10.5. The minimum absolute atomic E-state index is 0. The molecule has 0 spiro atoms. The van der Waals surface area contributed by atoms with E-state index in [4.69, 9.17) is 0 Å². The number of aromatic nitrogens is 3. The summed E-state index contributed by atoms with van der Waals surface area (Å²) in [7, 11) is 0. The van der Waals surface area contributed by atoms with Crippen LogP contribution in [0.5, 0.6) is 0 Å². The fourth-order valence-electron chi connectivity index (χ4n) is 4.58. The summed E-state index contributed by atoms with van der Waals surface area (Å²) in [6.07, 6.45) is 5.00. The van der Waals surface area contributed by atoms with Crippen LogP contribution in [0.25, 0.3) is 33.4 Å². The molecule has 0 radical (unpaired) electrons. The van der Waals surface area contributed by atoms with Crippen molar-refractivity contribution in [3.8, 4) is 22.8 Å². The Labute approximate surface area is 279 Å². The number of rotatable bonds is 6. The third kappa shape index (κ3) is 8.70. The Morgan fingerprint density at radius 1 is 0.565 bits per heavy atom. The third-order valence-electron chi connectivity index (χ3n) is 7.55. The van der Waals surface area contributed by atoms with E-state index in [1.807, 2.05) is 65.2 Å². The molecule has 14 nitrogen and oxygen atoms in total. The van der Waals surface area contributed by atoms with Gasteiger partial charge >= 0.3 is 19.5 Å². The first-order chi connectivity index (χ1) is 21.1. The zero-order chi connectivity index (χ0) is 32.3. The predicted molar refractivity (Wildman–Crippen MR) is 164 cm³/mol. The molecule has 3 aromatic heterocycles.